The van der Waals surface area contributed by atoms with Gasteiger partial charge in [-0.2, -0.15) is 0 Å². The number of nitrogens with zero attached hydrogens (tertiary/aromatic N) is 3. The smallest absolute Gasteiger partial charge is 0.310 e. The molecule has 1 aromatic heterocycles. The fourth-order valence-corrected chi connectivity index (χ4v) is 1.76. The number of aromatic nitrogens is 2. The van der Waals surface area contributed by atoms with Crippen molar-refractivity contribution in [2.24, 2.45) is 0 Å². The Kier molecular flexibility index (Phi) is 4.05. The van der Waals surface area contributed by atoms with Gasteiger partial charge in [-0.3, -0.25) is 20.1 Å². The molecule has 2 aromatic rings. The number of hydrogen-bond donors (Lipinski definition) is 0. The molecule has 102 valence electrons. The minimum atomic E-state index is -0.470. The van der Waals surface area contributed by atoms with Gasteiger partial charge in [0.05, 0.1) is 23.9 Å². The third-order valence-corrected chi connectivity index (χ3v) is 2.75. The molecular weight excluding hydrogens is 258 g/mol. The number of methoxy groups -OCH3 is 1. The second-order valence-corrected chi connectivity index (χ2v) is 4.11. The summed E-state index contributed by atoms with van der Waals surface area (Å²) >= 11 is 0. The van der Waals surface area contributed by atoms with E-state index in [4.69, 9.17) is 4.74 Å². The van der Waals surface area contributed by atoms with Crippen molar-refractivity contribution < 1.29 is 9.66 Å². The molecule has 0 aliphatic carbocycles. The van der Waals surface area contributed by atoms with Gasteiger partial charge in [0.2, 0.25) is 0 Å². The van der Waals surface area contributed by atoms with Gasteiger partial charge < -0.3 is 4.74 Å². The molecule has 0 bridgehead atoms. The van der Waals surface area contributed by atoms with Crippen LogP contribution in [0.3, 0.4) is 0 Å². The van der Waals surface area contributed by atoms with Crippen molar-refractivity contribution in [3.8, 4) is 5.75 Å². The van der Waals surface area contributed by atoms with E-state index in [1.165, 1.54) is 13.2 Å². The second kappa shape index (κ2) is 5.92. The Labute approximate surface area is 115 Å². The molecule has 0 spiro atoms. The Morgan fingerprint density at radius 2 is 2.20 bits per heavy atom. The summed E-state index contributed by atoms with van der Waals surface area (Å²) in [6.07, 6.45) is 6.75. The Morgan fingerprint density at radius 1 is 1.40 bits per heavy atom. The summed E-state index contributed by atoms with van der Waals surface area (Å²) in [5, 5.41) is 10.8. The zero-order valence-electron chi connectivity index (χ0n) is 11.1. The topological polar surface area (TPSA) is 78.2 Å². The number of hydrogen-bond acceptors (Lipinski definition) is 5. The first-order valence-electron chi connectivity index (χ1n) is 5.89. The highest BCUT2D eigenvalue weighted by molar-refractivity contribution is 5.79. The first kappa shape index (κ1) is 13.7. The van der Waals surface area contributed by atoms with E-state index in [9.17, 15) is 10.1 Å². The van der Waals surface area contributed by atoms with Crippen LogP contribution in [0.25, 0.3) is 11.6 Å². The van der Waals surface area contributed by atoms with Crippen molar-refractivity contribution in [3.05, 3.63) is 58.2 Å². The minimum absolute atomic E-state index is 0.0539. The Balaban J connectivity index is 2.37. The van der Waals surface area contributed by atoms with E-state index in [-0.39, 0.29) is 11.4 Å². The van der Waals surface area contributed by atoms with Crippen molar-refractivity contribution in [2.45, 2.75) is 6.92 Å². The van der Waals surface area contributed by atoms with Gasteiger partial charge in [0.15, 0.2) is 5.75 Å². The molecule has 0 amide bonds. The molecule has 0 radical (unpaired) electrons. The van der Waals surface area contributed by atoms with Crippen molar-refractivity contribution >= 4 is 17.3 Å². The molecule has 0 unspecified atom stereocenters. The van der Waals surface area contributed by atoms with Gasteiger partial charge in [-0.05, 0) is 36.3 Å². The van der Waals surface area contributed by atoms with E-state index < -0.39 is 4.92 Å². The lowest BCUT2D eigenvalue weighted by atomic mass is 10.1. The van der Waals surface area contributed by atoms with E-state index in [1.807, 2.05) is 13.0 Å². The Hall–Kier alpha value is -2.76. The molecule has 1 heterocycles. The molecule has 6 heteroatoms. The normalized spacial score (nSPS) is 11.2. The van der Waals surface area contributed by atoms with Crippen LogP contribution in [-0.4, -0.2) is 22.0 Å². The maximum atomic E-state index is 10.8. The van der Waals surface area contributed by atoms with Gasteiger partial charge in [-0.15, -0.1) is 0 Å². The lowest BCUT2D eigenvalue weighted by Crippen LogP contribution is -1.94. The molecule has 1 aromatic carbocycles. The SMILES string of the molecule is COc1cc(C=C(C)c2cnccn2)ccc1[N+](=O)[O-]. The number of allylic oxidation sites excluding steroid dienone is 1. The van der Waals surface area contributed by atoms with Crippen LogP contribution in [0.2, 0.25) is 0 Å². The van der Waals surface area contributed by atoms with Crippen molar-refractivity contribution in [1.82, 2.24) is 9.97 Å². The average molecular weight is 271 g/mol. The summed E-state index contributed by atoms with van der Waals surface area (Å²) in [4.78, 5) is 18.6. The lowest BCUT2D eigenvalue weighted by molar-refractivity contribution is -0.385. The molecule has 0 saturated carbocycles. The summed E-state index contributed by atoms with van der Waals surface area (Å²) in [7, 11) is 1.41. The molecule has 0 aliphatic rings. The van der Waals surface area contributed by atoms with E-state index in [0.29, 0.717) is 0 Å². The molecule has 20 heavy (non-hydrogen) atoms. The quantitative estimate of drug-likeness (QED) is 0.631. The summed E-state index contributed by atoms with van der Waals surface area (Å²) in [5.41, 5.74) is 2.41. The van der Waals surface area contributed by atoms with E-state index in [2.05, 4.69) is 9.97 Å². The number of nitro benzene ring substituents is 1. The molecule has 0 fully saturated rings. The van der Waals surface area contributed by atoms with Gasteiger partial charge >= 0.3 is 5.69 Å². The highest BCUT2D eigenvalue weighted by Crippen LogP contribution is 2.29. The van der Waals surface area contributed by atoms with Gasteiger partial charge in [-0.1, -0.05) is 0 Å². The molecule has 6 nitrogen and oxygen atoms in total. The first-order valence-corrected chi connectivity index (χ1v) is 5.89. The fraction of sp³-hybridized carbons (Fsp3) is 0.143. The number of ether oxygens (including phenoxy) is 1. The Morgan fingerprint density at radius 3 is 2.80 bits per heavy atom. The zero-order chi connectivity index (χ0) is 14.5. The van der Waals surface area contributed by atoms with Gasteiger partial charge in [0.25, 0.3) is 0 Å². The predicted molar refractivity (Wildman–Crippen MR) is 75.2 cm³/mol. The summed E-state index contributed by atoms with van der Waals surface area (Å²) in [5.74, 6) is 0.232. The third-order valence-electron chi connectivity index (χ3n) is 2.75. The predicted octanol–water partition coefficient (Wildman–Crippen LogP) is 2.95. The summed E-state index contributed by atoms with van der Waals surface area (Å²) in [6.45, 7) is 1.90. The monoisotopic (exact) mass is 271 g/mol. The van der Waals surface area contributed by atoms with Crippen LogP contribution in [0.15, 0.2) is 36.8 Å². The highest BCUT2D eigenvalue weighted by Gasteiger charge is 2.14. The summed E-state index contributed by atoms with van der Waals surface area (Å²) in [6, 6.07) is 4.72. The minimum Gasteiger partial charge on any atom is -0.490 e. The summed E-state index contributed by atoms with van der Waals surface area (Å²) < 4.78 is 5.04. The number of nitro groups is 1. The first-order chi connectivity index (χ1) is 9.61. The highest BCUT2D eigenvalue weighted by atomic mass is 16.6. The van der Waals surface area contributed by atoms with Gasteiger partial charge in [-0.25, -0.2) is 0 Å². The van der Waals surface area contributed by atoms with Crippen molar-refractivity contribution in [2.75, 3.05) is 7.11 Å². The second-order valence-electron chi connectivity index (χ2n) is 4.11. The molecule has 0 N–H and O–H groups in total. The van der Waals surface area contributed by atoms with Crippen molar-refractivity contribution in [1.29, 1.82) is 0 Å². The van der Waals surface area contributed by atoms with Crippen LogP contribution < -0.4 is 4.74 Å². The average Bonchev–Trinajstić information content (AvgIpc) is 2.47. The standard InChI is InChI=1S/C14H13N3O3/c1-10(12-9-15-5-6-16-12)7-11-3-4-13(17(18)19)14(8-11)20-2/h3-9H,1-2H3. The van der Waals surface area contributed by atoms with Crippen molar-refractivity contribution in [3.63, 3.8) is 0 Å². The molecule has 0 aliphatic heterocycles. The van der Waals surface area contributed by atoms with Crippen LogP contribution in [0, 0.1) is 10.1 Å². The van der Waals surface area contributed by atoms with Crippen LogP contribution in [-0.2, 0) is 0 Å². The van der Waals surface area contributed by atoms with Gasteiger partial charge in [0.1, 0.15) is 0 Å². The zero-order valence-corrected chi connectivity index (χ0v) is 11.1. The lowest BCUT2D eigenvalue weighted by Gasteiger charge is -2.04. The maximum absolute atomic E-state index is 10.8. The van der Waals surface area contributed by atoms with E-state index in [0.717, 1.165) is 16.8 Å². The van der Waals surface area contributed by atoms with E-state index >= 15 is 0 Å². The molecular formula is C14H13N3O3. The van der Waals surface area contributed by atoms with Crippen LogP contribution in [0.5, 0.6) is 5.75 Å². The number of benzene rings is 1. The van der Waals surface area contributed by atoms with Gasteiger partial charge in [0, 0.05) is 18.5 Å². The van der Waals surface area contributed by atoms with Crippen LogP contribution >= 0.6 is 0 Å². The van der Waals surface area contributed by atoms with Crippen LogP contribution in [0.1, 0.15) is 18.2 Å². The largest absolute Gasteiger partial charge is 0.490 e. The molecule has 2 rings (SSSR count). The van der Waals surface area contributed by atoms with Crippen LogP contribution in [0.4, 0.5) is 5.69 Å². The van der Waals surface area contributed by atoms with E-state index in [1.54, 1.807) is 30.7 Å². The fourth-order valence-electron chi connectivity index (χ4n) is 1.76. The molecule has 0 saturated heterocycles. The Bertz CT molecular complexity index is 654. The third kappa shape index (κ3) is 2.97. The number of rotatable bonds is 4. The molecule has 0 atom stereocenters. The maximum Gasteiger partial charge on any atom is 0.310 e.